The maximum atomic E-state index is 15.5. The Labute approximate surface area is 338 Å². The van der Waals surface area contributed by atoms with E-state index in [0.29, 0.717) is 54.4 Å². The van der Waals surface area contributed by atoms with Gasteiger partial charge in [-0.1, -0.05) is 58.5 Å². The highest BCUT2D eigenvalue weighted by Gasteiger charge is 2.68. The molecule has 4 saturated carbocycles. The van der Waals surface area contributed by atoms with Crippen LogP contribution in [0, 0.1) is 29.6 Å². The van der Waals surface area contributed by atoms with Crippen LogP contribution in [0.5, 0.6) is 0 Å². The molecule has 0 aromatic heterocycles. The average Bonchev–Trinajstić information content (AvgIpc) is 3.95. The lowest BCUT2D eigenvalue weighted by atomic mass is 9.65. The van der Waals surface area contributed by atoms with Gasteiger partial charge in [0.25, 0.3) is 5.91 Å². The molecule has 0 bridgehead atoms. The van der Waals surface area contributed by atoms with Crippen molar-refractivity contribution in [1.29, 1.82) is 0 Å². The minimum absolute atomic E-state index is 0.00600. The number of carbonyl (C=O) groups excluding carboxylic acids is 3. The van der Waals surface area contributed by atoms with Crippen molar-refractivity contribution >= 4 is 25.8 Å². The lowest BCUT2D eigenvalue weighted by Crippen LogP contribution is -2.51. The molecule has 9 atom stereocenters. The number of rotatable bonds is 9. The Hall–Kier alpha value is -1.75. The number of amides is 3. The van der Waals surface area contributed by atoms with E-state index in [0.717, 1.165) is 109 Å². The molecule has 4 unspecified atom stereocenters. The van der Waals surface area contributed by atoms with Gasteiger partial charge < -0.3 is 29.3 Å². The van der Waals surface area contributed by atoms with Crippen LogP contribution in [0.15, 0.2) is 11.3 Å². The number of nitrogens with zero attached hydrogens (tertiary/aromatic N) is 3. The molecule has 1 spiro atoms. The van der Waals surface area contributed by atoms with Crippen LogP contribution in [-0.4, -0.2) is 108 Å². The number of likely N-dealkylation sites (tertiary alicyclic amines) is 2. The summed E-state index contributed by atoms with van der Waals surface area (Å²) >= 11 is 0. The molecule has 1 N–H and O–H groups in total. The molecular weight excluding hydrogens is 719 g/mol. The molecule has 0 aromatic carbocycles. The lowest BCUT2D eigenvalue weighted by molar-refractivity contribution is -0.152. The molecular formula is C46H73N3O6Si. The van der Waals surface area contributed by atoms with Crippen molar-refractivity contribution in [3.05, 3.63) is 11.3 Å². The number of aliphatic hydroxyl groups is 1. The summed E-state index contributed by atoms with van der Waals surface area (Å²) in [6.07, 6.45) is 22.3. The summed E-state index contributed by atoms with van der Waals surface area (Å²) in [4.78, 5) is 50.1. The van der Waals surface area contributed by atoms with Gasteiger partial charge in [0.05, 0.1) is 39.4 Å². The van der Waals surface area contributed by atoms with Gasteiger partial charge in [0.2, 0.25) is 11.8 Å². The first-order valence-corrected chi connectivity index (χ1v) is 26.7. The minimum Gasteiger partial charge on any atom is -0.394 e. The van der Waals surface area contributed by atoms with E-state index >= 15 is 4.79 Å². The summed E-state index contributed by atoms with van der Waals surface area (Å²) in [5, 5.41) is 10.1. The molecule has 0 aromatic rings. The van der Waals surface area contributed by atoms with E-state index in [-0.39, 0.29) is 47.9 Å². The highest BCUT2D eigenvalue weighted by Crippen LogP contribution is 2.62. The number of ether oxygens (including phenoxy) is 2. The second kappa shape index (κ2) is 15.7. The zero-order valence-corrected chi connectivity index (χ0v) is 36.2. The second-order valence-corrected chi connectivity index (χ2v) is 26.0. The van der Waals surface area contributed by atoms with Gasteiger partial charge in [-0.15, -0.1) is 0 Å². The first-order chi connectivity index (χ1) is 27.1. The van der Waals surface area contributed by atoms with Crippen molar-refractivity contribution < 1.29 is 29.0 Å². The first kappa shape index (κ1) is 39.7. The first-order valence-electron chi connectivity index (χ1n) is 23.6. The fourth-order valence-electron chi connectivity index (χ4n) is 15.4. The molecule has 3 amide bonds. The van der Waals surface area contributed by atoms with Crippen molar-refractivity contribution in [3.8, 4) is 0 Å². The normalized spacial score (nSPS) is 42.9. The van der Waals surface area contributed by atoms with Crippen LogP contribution in [-0.2, 0) is 23.9 Å². The van der Waals surface area contributed by atoms with Crippen molar-refractivity contribution in [3.63, 3.8) is 0 Å². The number of hydrogen-bond donors (Lipinski definition) is 1. The molecule has 3 saturated heterocycles. The maximum Gasteiger partial charge on any atom is 0.263 e. The topological polar surface area (TPSA) is 99.6 Å². The van der Waals surface area contributed by atoms with E-state index in [2.05, 4.69) is 29.8 Å². The number of methoxy groups -OCH3 is 1. The van der Waals surface area contributed by atoms with Crippen LogP contribution in [0.3, 0.4) is 0 Å². The molecule has 4 aliphatic heterocycles. The van der Waals surface area contributed by atoms with Crippen molar-refractivity contribution in [2.45, 2.75) is 202 Å². The molecule has 7 fully saturated rings. The van der Waals surface area contributed by atoms with Crippen LogP contribution in [0.4, 0.5) is 0 Å². The van der Waals surface area contributed by atoms with Crippen LogP contribution in [0.25, 0.3) is 0 Å². The molecule has 56 heavy (non-hydrogen) atoms. The minimum atomic E-state index is -2.09. The predicted octanol–water partition coefficient (Wildman–Crippen LogP) is 7.83. The van der Waals surface area contributed by atoms with Crippen LogP contribution in [0.1, 0.15) is 142 Å². The molecule has 10 heteroatoms. The molecule has 312 valence electrons. The van der Waals surface area contributed by atoms with Gasteiger partial charge in [-0.25, -0.2) is 0 Å². The zero-order chi connectivity index (χ0) is 38.9. The lowest BCUT2D eigenvalue weighted by Gasteiger charge is -2.45. The number of aliphatic hydroxyl groups excluding tert-OH is 1. The van der Waals surface area contributed by atoms with E-state index in [1.807, 2.05) is 12.0 Å². The average molecular weight is 792 g/mol. The van der Waals surface area contributed by atoms with E-state index in [1.54, 1.807) is 0 Å². The van der Waals surface area contributed by atoms with Crippen LogP contribution >= 0.6 is 0 Å². The largest absolute Gasteiger partial charge is 0.394 e. The Bertz CT molecular complexity index is 1530. The van der Waals surface area contributed by atoms with Gasteiger partial charge in [-0.2, -0.15) is 0 Å². The summed E-state index contributed by atoms with van der Waals surface area (Å²) in [5.74, 6) is 2.81. The highest BCUT2D eigenvalue weighted by atomic mass is 28.3. The summed E-state index contributed by atoms with van der Waals surface area (Å²) < 4.78 is 13.2. The zero-order valence-electron chi connectivity index (χ0n) is 35.2. The van der Waals surface area contributed by atoms with Gasteiger partial charge in [0.1, 0.15) is 0 Å². The van der Waals surface area contributed by atoms with Crippen LogP contribution in [0.2, 0.25) is 24.2 Å². The Morgan fingerprint density at radius 2 is 1.62 bits per heavy atom. The second-order valence-electron chi connectivity index (χ2n) is 20.8. The molecule has 9 nitrogen and oxygen atoms in total. The van der Waals surface area contributed by atoms with E-state index in [4.69, 9.17) is 9.47 Å². The molecule has 0 radical (unpaired) electrons. The van der Waals surface area contributed by atoms with Gasteiger partial charge >= 0.3 is 0 Å². The number of hydrogen-bond acceptors (Lipinski definition) is 6. The summed E-state index contributed by atoms with van der Waals surface area (Å²) in [6, 6.07) is 0.726. The van der Waals surface area contributed by atoms with E-state index < -0.39 is 13.7 Å². The molecule has 9 rings (SSSR count). The molecule has 5 aliphatic carbocycles. The number of fused-ring (bicyclic) bond motifs is 1. The smallest absolute Gasteiger partial charge is 0.263 e. The third kappa shape index (κ3) is 6.42. The monoisotopic (exact) mass is 792 g/mol. The van der Waals surface area contributed by atoms with Gasteiger partial charge in [0.15, 0.2) is 5.60 Å². The van der Waals surface area contributed by atoms with E-state index in [9.17, 15) is 14.7 Å². The fourth-order valence-corrected chi connectivity index (χ4v) is 20.4. The highest BCUT2D eigenvalue weighted by molar-refractivity contribution is 6.80. The predicted molar refractivity (Wildman–Crippen MR) is 219 cm³/mol. The Kier molecular flexibility index (Phi) is 11.1. The molecule has 4 heterocycles. The SMILES string of the molecule is COC1CCC([Si](C)(C)[C@H]2[C@H](CC(=O)N3CCC[C@H]3CO)O[C@@]3(C(=O)N(CC4CCC(N5C(=O)C6CCCC7CCCC5C76)CC4)C4=C3CCCC4)[C@@H]2C)CC1. The Balaban J connectivity index is 0.951. The summed E-state index contributed by atoms with van der Waals surface area (Å²) in [6.45, 7) is 8.86. The van der Waals surface area contributed by atoms with Crippen LogP contribution < -0.4 is 0 Å². The van der Waals surface area contributed by atoms with Crippen molar-refractivity contribution in [1.82, 2.24) is 14.7 Å². The fraction of sp³-hybridized carbons (Fsp3) is 0.891. The quantitative estimate of drug-likeness (QED) is 0.239. The number of carbonyl (C=O) groups is 3. The Morgan fingerprint density at radius 3 is 2.36 bits per heavy atom. The summed E-state index contributed by atoms with van der Waals surface area (Å²) in [5.41, 5.74) is 2.29. The number of allylic oxidation sites excluding steroid dienone is 1. The van der Waals surface area contributed by atoms with E-state index in [1.165, 1.54) is 43.4 Å². The third-order valence-electron chi connectivity index (χ3n) is 18.1. The third-order valence-corrected chi connectivity index (χ3v) is 23.4. The van der Waals surface area contributed by atoms with Gasteiger partial charge in [0, 0.05) is 49.8 Å². The van der Waals surface area contributed by atoms with Crippen molar-refractivity contribution in [2.75, 3.05) is 26.8 Å². The van der Waals surface area contributed by atoms with Gasteiger partial charge in [-0.3, -0.25) is 14.4 Å². The van der Waals surface area contributed by atoms with Gasteiger partial charge in [-0.05, 0) is 124 Å². The standard InChI is InChI=1S/C46H73N3O6Si/c1-29-43(56(3,4)35-23-21-34(54-2)22-24-35)40(26-41(51)47-25-9-12-33(47)28-50)55-46(29)37-14-5-6-15-38(37)48(45(46)53)27-30-17-19-32(20-18-30)49-39-16-8-11-31-10-7-13-36(42(31)39)44(49)52/h29-36,39-40,42-43,50H,5-28H2,1-4H3/t29-,30?,31?,32?,33+,34?,35?,36?,39?,40+,42?,43-,46+/m1/s1. The maximum absolute atomic E-state index is 15.5. The van der Waals surface area contributed by atoms with Crippen molar-refractivity contribution in [2.24, 2.45) is 29.6 Å². The Morgan fingerprint density at radius 1 is 0.893 bits per heavy atom. The summed E-state index contributed by atoms with van der Waals surface area (Å²) in [7, 11) is -0.248. The molecule has 9 aliphatic rings.